The molecule has 0 saturated heterocycles. The van der Waals surface area contributed by atoms with E-state index in [0.29, 0.717) is 17.0 Å². The van der Waals surface area contributed by atoms with Crippen molar-refractivity contribution in [3.8, 4) is 11.4 Å². The molecule has 0 atom stereocenters. The van der Waals surface area contributed by atoms with Gasteiger partial charge in [0.25, 0.3) is 0 Å². The molecule has 0 aliphatic heterocycles. The molecular weight excluding hydrogens is 464 g/mol. The first kappa shape index (κ1) is 22.4. The minimum absolute atomic E-state index is 0.163. The second-order valence-corrected chi connectivity index (χ2v) is 16.0. The van der Waals surface area contributed by atoms with Crippen LogP contribution in [0.25, 0.3) is 39.5 Å². The van der Waals surface area contributed by atoms with E-state index in [0.717, 1.165) is 39.6 Å². The maximum Gasteiger partial charge on any atom is 0.197 e. The van der Waals surface area contributed by atoms with Gasteiger partial charge in [-0.05, 0) is 29.0 Å². The Balaban J connectivity index is 1.51. The Morgan fingerprint density at radius 1 is 0.806 bits per heavy atom. The van der Waals surface area contributed by atoms with Crippen LogP contribution in [0.15, 0.2) is 72.3 Å². The standard InChI is InChI=1S/C29H26N4O2Si/c1-32-27(18-10-6-5-7-11-18)31-29-28(32)30-24(33(29)17-36(2,3)4)16-23-25(34)21-14-19-12-8-9-13-20(19)15-22(21)26(23)35/h5-16H,17H2,1-4H3. The summed E-state index contributed by atoms with van der Waals surface area (Å²) >= 11 is 0. The highest BCUT2D eigenvalue weighted by molar-refractivity contribution is 6.75. The molecule has 6 rings (SSSR count). The molecule has 2 heterocycles. The van der Waals surface area contributed by atoms with Crippen LogP contribution in [-0.4, -0.2) is 38.7 Å². The molecule has 36 heavy (non-hydrogen) atoms. The quantitative estimate of drug-likeness (QED) is 0.178. The van der Waals surface area contributed by atoms with Crippen LogP contribution in [0.4, 0.5) is 0 Å². The molecule has 0 bridgehead atoms. The number of aromatic nitrogens is 4. The van der Waals surface area contributed by atoms with E-state index in [2.05, 4.69) is 24.2 Å². The fourth-order valence-corrected chi connectivity index (χ4v) is 6.17. The van der Waals surface area contributed by atoms with Crippen molar-refractivity contribution in [3.63, 3.8) is 0 Å². The molecule has 0 unspecified atom stereocenters. The summed E-state index contributed by atoms with van der Waals surface area (Å²) in [6.07, 6.45) is 2.44. The third-order valence-electron chi connectivity index (χ3n) is 6.60. The zero-order valence-electron chi connectivity index (χ0n) is 20.7. The minimum atomic E-state index is -1.61. The maximum absolute atomic E-state index is 13.4. The van der Waals surface area contributed by atoms with Gasteiger partial charge in [0, 0.05) is 29.9 Å². The van der Waals surface area contributed by atoms with Crippen molar-refractivity contribution in [2.75, 3.05) is 0 Å². The van der Waals surface area contributed by atoms with Crippen LogP contribution in [0.2, 0.25) is 19.6 Å². The molecule has 0 amide bonds. The van der Waals surface area contributed by atoms with Gasteiger partial charge in [-0.25, -0.2) is 9.97 Å². The largest absolute Gasteiger partial charge is 0.311 e. The smallest absolute Gasteiger partial charge is 0.197 e. The van der Waals surface area contributed by atoms with Gasteiger partial charge < -0.3 is 9.13 Å². The molecular formula is C29H26N4O2Si. The molecule has 1 aliphatic carbocycles. The zero-order valence-corrected chi connectivity index (χ0v) is 21.7. The van der Waals surface area contributed by atoms with Crippen molar-refractivity contribution in [1.82, 2.24) is 19.1 Å². The fraction of sp³-hybridized carbons (Fsp3) is 0.172. The predicted molar refractivity (Wildman–Crippen MR) is 146 cm³/mol. The first-order chi connectivity index (χ1) is 17.2. The first-order valence-corrected chi connectivity index (χ1v) is 15.7. The van der Waals surface area contributed by atoms with Crippen molar-refractivity contribution in [2.24, 2.45) is 7.05 Å². The SMILES string of the molecule is Cn1c(-c2ccccc2)nc2c1nc(C=C1C(=O)c3cc4ccccc4cc3C1=O)n2C[Si](C)(C)C. The number of ketones is 2. The molecule has 178 valence electrons. The third-order valence-corrected chi connectivity index (χ3v) is 7.87. The first-order valence-electron chi connectivity index (χ1n) is 12.0. The normalized spacial score (nSPS) is 13.7. The summed E-state index contributed by atoms with van der Waals surface area (Å²) in [4.78, 5) is 36.6. The van der Waals surface area contributed by atoms with E-state index in [9.17, 15) is 9.59 Å². The minimum Gasteiger partial charge on any atom is -0.311 e. The lowest BCUT2D eigenvalue weighted by atomic mass is 10.0. The van der Waals surface area contributed by atoms with Crippen molar-refractivity contribution < 1.29 is 9.59 Å². The molecule has 0 saturated carbocycles. The van der Waals surface area contributed by atoms with Gasteiger partial charge in [-0.2, -0.15) is 0 Å². The van der Waals surface area contributed by atoms with E-state index in [1.54, 1.807) is 6.08 Å². The number of allylic oxidation sites excluding steroid dienone is 1. The Morgan fingerprint density at radius 3 is 1.97 bits per heavy atom. The molecule has 2 aromatic heterocycles. The van der Waals surface area contributed by atoms with Crippen LogP contribution in [-0.2, 0) is 13.2 Å². The number of imidazole rings is 2. The van der Waals surface area contributed by atoms with Gasteiger partial charge in [0.1, 0.15) is 11.6 Å². The highest BCUT2D eigenvalue weighted by atomic mass is 28.3. The van der Waals surface area contributed by atoms with E-state index < -0.39 is 8.07 Å². The van der Waals surface area contributed by atoms with E-state index in [-0.39, 0.29) is 17.1 Å². The van der Waals surface area contributed by atoms with Crippen molar-refractivity contribution in [2.45, 2.75) is 25.8 Å². The number of Topliss-reactive ketones (excluding diaryl/α,β-unsaturated/α-hetero) is 2. The van der Waals surface area contributed by atoms with Crippen LogP contribution >= 0.6 is 0 Å². The Morgan fingerprint density at radius 2 is 1.39 bits per heavy atom. The average Bonchev–Trinajstić information content (AvgIpc) is 3.43. The second-order valence-electron chi connectivity index (χ2n) is 10.6. The molecule has 5 aromatic rings. The molecule has 6 nitrogen and oxygen atoms in total. The fourth-order valence-electron chi connectivity index (χ4n) is 4.91. The van der Waals surface area contributed by atoms with Crippen LogP contribution in [0.5, 0.6) is 0 Å². The molecule has 1 aliphatic rings. The predicted octanol–water partition coefficient (Wildman–Crippen LogP) is 5.93. The molecule has 3 aromatic carbocycles. The second kappa shape index (κ2) is 7.96. The van der Waals surface area contributed by atoms with Gasteiger partial charge in [0.2, 0.25) is 0 Å². The van der Waals surface area contributed by atoms with Gasteiger partial charge >= 0.3 is 0 Å². The van der Waals surface area contributed by atoms with Gasteiger partial charge in [-0.1, -0.05) is 74.2 Å². The number of hydrogen-bond donors (Lipinski definition) is 0. The monoisotopic (exact) mass is 490 g/mol. The summed E-state index contributed by atoms with van der Waals surface area (Å²) < 4.78 is 4.06. The molecule has 0 fully saturated rings. The zero-order chi connectivity index (χ0) is 25.2. The Hall–Kier alpha value is -4.10. The molecule has 7 heteroatoms. The van der Waals surface area contributed by atoms with Gasteiger partial charge in [0.05, 0.1) is 13.6 Å². The number of nitrogens with zero attached hydrogens (tertiary/aromatic N) is 4. The number of fused-ring (bicyclic) bond motifs is 3. The Bertz CT molecular complexity index is 1680. The highest BCUT2D eigenvalue weighted by Crippen LogP contribution is 2.33. The number of rotatable bonds is 4. The number of aryl methyl sites for hydroxylation is 1. The van der Waals surface area contributed by atoms with E-state index in [4.69, 9.17) is 9.97 Å². The molecule has 0 N–H and O–H groups in total. The van der Waals surface area contributed by atoms with Crippen LogP contribution in [0, 0.1) is 0 Å². The van der Waals surface area contributed by atoms with E-state index in [1.165, 1.54) is 0 Å². The van der Waals surface area contributed by atoms with Gasteiger partial charge in [-0.15, -0.1) is 0 Å². The Kier molecular flexibility index (Phi) is 4.95. The van der Waals surface area contributed by atoms with Crippen molar-refractivity contribution >= 4 is 47.8 Å². The van der Waals surface area contributed by atoms with Crippen LogP contribution in [0.3, 0.4) is 0 Å². The summed E-state index contributed by atoms with van der Waals surface area (Å²) in [5, 5.41) is 1.89. The third kappa shape index (κ3) is 3.55. The summed E-state index contributed by atoms with van der Waals surface area (Å²) in [6, 6.07) is 21.5. The molecule has 0 spiro atoms. The lowest BCUT2D eigenvalue weighted by Crippen LogP contribution is -2.28. The summed E-state index contributed by atoms with van der Waals surface area (Å²) in [6.45, 7) is 6.85. The number of carbonyl (C=O) groups is 2. The highest BCUT2D eigenvalue weighted by Gasteiger charge is 2.34. The van der Waals surface area contributed by atoms with Gasteiger partial charge in [-0.3, -0.25) is 9.59 Å². The molecule has 0 radical (unpaired) electrons. The van der Waals surface area contributed by atoms with Crippen molar-refractivity contribution in [1.29, 1.82) is 0 Å². The summed E-state index contributed by atoms with van der Waals surface area (Å²) in [5.41, 5.74) is 3.60. The summed E-state index contributed by atoms with van der Waals surface area (Å²) in [5.74, 6) is 0.943. The number of hydrogen-bond acceptors (Lipinski definition) is 4. The van der Waals surface area contributed by atoms with Crippen LogP contribution < -0.4 is 0 Å². The average molecular weight is 491 g/mol. The number of benzene rings is 3. The maximum atomic E-state index is 13.4. The lowest BCUT2D eigenvalue weighted by Gasteiger charge is -2.17. The lowest BCUT2D eigenvalue weighted by molar-refractivity contribution is 0.0990. The Labute approximate surface area is 209 Å². The summed E-state index contributed by atoms with van der Waals surface area (Å²) in [7, 11) is 0.342. The van der Waals surface area contributed by atoms with Crippen molar-refractivity contribution in [3.05, 3.63) is 89.3 Å². The van der Waals surface area contributed by atoms with E-state index >= 15 is 0 Å². The topological polar surface area (TPSA) is 69.8 Å². The van der Waals surface area contributed by atoms with Gasteiger partial charge in [0.15, 0.2) is 22.9 Å². The van der Waals surface area contributed by atoms with E-state index in [1.807, 2.05) is 78.3 Å². The van der Waals surface area contributed by atoms with Crippen LogP contribution in [0.1, 0.15) is 26.5 Å². The number of carbonyl (C=O) groups excluding carboxylic acids is 2.